The van der Waals surface area contributed by atoms with Crippen molar-refractivity contribution < 1.29 is 11.0 Å². The van der Waals surface area contributed by atoms with E-state index in [1.54, 1.807) is 0 Å². The molecule has 0 saturated carbocycles. The smallest absolute Gasteiger partial charge is 0.107 e. The fourth-order valence-electron chi connectivity index (χ4n) is 0.714. The second-order valence-corrected chi connectivity index (χ2v) is 1.84. The first kappa shape index (κ1) is 11.9. The zero-order valence-corrected chi connectivity index (χ0v) is 6.09. The third-order valence-corrected chi connectivity index (χ3v) is 1.25. The van der Waals surface area contributed by atoms with E-state index in [9.17, 15) is 0 Å². The Morgan fingerprint density at radius 2 is 1.50 bits per heavy atom. The zero-order chi connectivity index (χ0) is 5.82. The predicted molar refractivity (Wildman–Crippen MR) is 45.9 cm³/mol. The van der Waals surface area contributed by atoms with Crippen LogP contribution < -0.4 is 0 Å². The summed E-state index contributed by atoms with van der Waals surface area (Å²) in [6, 6.07) is 10.5. The van der Waals surface area contributed by atoms with Crippen molar-refractivity contribution >= 4 is 7.85 Å². The van der Waals surface area contributed by atoms with Crippen molar-refractivity contribution in [2.24, 2.45) is 0 Å². The largest absolute Gasteiger partial charge is 0.412 e. The van der Waals surface area contributed by atoms with Crippen molar-refractivity contribution in [3.8, 4) is 0 Å². The lowest BCUT2D eigenvalue weighted by Gasteiger charge is -1.89. The molecule has 0 bridgehead atoms. The van der Waals surface area contributed by atoms with Crippen LogP contribution in [0.3, 0.4) is 0 Å². The van der Waals surface area contributed by atoms with Gasteiger partial charge in [0.25, 0.3) is 0 Å². The molecule has 1 aromatic carbocycles. The van der Waals surface area contributed by atoms with E-state index >= 15 is 0 Å². The minimum absolute atomic E-state index is 0. The molecule has 0 atom stereocenters. The molecule has 10 heavy (non-hydrogen) atoms. The van der Waals surface area contributed by atoms with Crippen molar-refractivity contribution in [3.05, 3.63) is 35.9 Å². The van der Waals surface area contributed by atoms with Crippen LogP contribution in [0.2, 0.25) is 0 Å². The Morgan fingerprint density at radius 1 is 1.00 bits per heavy atom. The highest BCUT2D eigenvalue weighted by Crippen LogP contribution is 1.95. The molecule has 1 aromatic rings. The third kappa shape index (κ3) is 3.27. The summed E-state index contributed by atoms with van der Waals surface area (Å²) in [5, 5.41) is 0. The van der Waals surface area contributed by atoms with E-state index in [0.29, 0.717) is 0 Å². The van der Waals surface area contributed by atoms with Crippen molar-refractivity contribution in [1.82, 2.24) is 0 Å². The standard InChI is InChI=1S/C7H9B.2H2O/c8-6-7-4-2-1-3-5-7;;/h1-5H,6,8H2;2*1H2. The quantitative estimate of drug-likeness (QED) is 0.457. The van der Waals surface area contributed by atoms with E-state index in [1.165, 1.54) is 5.56 Å². The zero-order valence-electron chi connectivity index (χ0n) is 6.09. The van der Waals surface area contributed by atoms with Gasteiger partial charge in [-0.3, -0.25) is 0 Å². The Kier molecular flexibility index (Phi) is 7.55. The van der Waals surface area contributed by atoms with E-state index in [2.05, 4.69) is 32.1 Å². The van der Waals surface area contributed by atoms with Gasteiger partial charge >= 0.3 is 0 Å². The van der Waals surface area contributed by atoms with Crippen LogP contribution >= 0.6 is 0 Å². The van der Waals surface area contributed by atoms with Crippen LogP contribution in [0.5, 0.6) is 0 Å². The molecule has 0 aliphatic rings. The maximum Gasteiger partial charge on any atom is 0.107 e. The second-order valence-electron chi connectivity index (χ2n) is 1.84. The molecule has 1 rings (SSSR count). The molecule has 56 valence electrons. The van der Waals surface area contributed by atoms with Crippen LogP contribution in [-0.4, -0.2) is 18.8 Å². The van der Waals surface area contributed by atoms with Gasteiger partial charge in [0.1, 0.15) is 7.85 Å². The van der Waals surface area contributed by atoms with Crippen LogP contribution in [-0.2, 0) is 6.32 Å². The highest BCUT2D eigenvalue weighted by Gasteiger charge is 1.80. The van der Waals surface area contributed by atoms with Gasteiger partial charge < -0.3 is 11.0 Å². The average Bonchev–Trinajstić information content (AvgIpc) is 1.90. The van der Waals surface area contributed by atoms with Gasteiger partial charge in [-0.2, -0.15) is 0 Å². The molecule has 0 aliphatic carbocycles. The first-order valence-corrected chi connectivity index (χ1v) is 2.97. The Hall–Kier alpha value is -0.795. The van der Waals surface area contributed by atoms with Gasteiger partial charge in [-0.25, -0.2) is 0 Å². The Bertz CT molecular complexity index is 153. The van der Waals surface area contributed by atoms with Gasteiger partial charge in [-0.15, -0.1) is 0 Å². The number of hydrogen-bond donors (Lipinski definition) is 0. The van der Waals surface area contributed by atoms with Crippen LogP contribution in [0.15, 0.2) is 30.3 Å². The van der Waals surface area contributed by atoms with E-state index < -0.39 is 0 Å². The molecule has 0 aromatic heterocycles. The summed E-state index contributed by atoms with van der Waals surface area (Å²) in [6.07, 6.45) is 1.14. The summed E-state index contributed by atoms with van der Waals surface area (Å²) < 4.78 is 0. The SMILES string of the molecule is BCc1ccccc1.O.O. The fourth-order valence-corrected chi connectivity index (χ4v) is 0.714. The number of hydrogen-bond acceptors (Lipinski definition) is 0. The van der Waals surface area contributed by atoms with E-state index in [1.807, 2.05) is 6.07 Å². The average molecular weight is 140 g/mol. The Labute approximate surface area is 61.9 Å². The Balaban J connectivity index is 0. The third-order valence-electron chi connectivity index (χ3n) is 1.25. The summed E-state index contributed by atoms with van der Waals surface area (Å²) >= 11 is 0. The van der Waals surface area contributed by atoms with Crippen LogP contribution in [0, 0.1) is 0 Å². The van der Waals surface area contributed by atoms with E-state index in [4.69, 9.17) is 0 Å². The molecule has 0 heterocycles. The summed E-state index contributed by atoms with van der Waals surface area (Å²) in [5.41, 5.74) is 1.41. The minimum atomic E-state index is 0. The van der Waals surface area contributed by atoms with Crippen LogP contribution in [0.4, 0.5) is 0 Å². The first-order chi connectivity index (χ1) is 3.93. The maximum absolute atomic E-state index is 2.16. The molecule has 3 heteroatoms. The molecule has 0 fully saturated rings. The van der Waals surface area contributed by atoms with Gasteiger partial charge in [0.15, 0.2) is 0 Å². The lowest BCUT2D eigenvalue weighted by atomic mass is 9.97. The number of benzene rings is 1. The normalized spacial score (nSPS) is 7.20. The van der Waals surface area contributed by atoms with Crippen molar-refractivity contribution in [3.63, 3.8) is 0 Å². The molecule has 4 N–H and O–H groups in total. The molecule has 0 amide bonds. The van der Waals surface area contributed by atoms with Gasteiger partial charge in [0.05, 0.1) is 0 Å². The molecule has 0 saturated heterocycles. The molecule has 2 nitrogen and oxygen atoms in total. The number of rotatable bonds is 1. The van der Waals surface area contributed by atoms with Gasteiger partial charge in [0.2, 0.25) is 0 Å². The predicted octanol–water partition coefficient (Wildman–Crippen LogP) is -0.830. The second kappa shape index (κ2) is 6.33. The van der Waals surface area contributed by atoms with Gasteiger partial charge in [-0.1, -0.05) is 42.2 Å². The lowest BCUT2D eigenvalue weighted by molar-refractivity contribution is 0.823. The topological polar surface area (TPSA) is 63.0 Å². The van der Waals surface area contributed by atoms with E-state index in [0.717, 1.165) is 6.32 Å². The monoisotopic (exact) mass is 140 g/mol. The molecule has 0 aliphatic heterocycles. The molecule has 0 spiro atoms. The van der Waals surface area contributed by atoms with Crippen molar-refractivity contribution in [2.75, 3.05) is 0 Å². The lowest BCUT2D eigenvalue weighted by Crippen LogP contribution is -1.78. The summed E-state index contributed by atoms with van der Waals surface area (Å²) in [7, 11) is 2.16. The van der Waals surface area contributed by atoms with Crippen molar-refractivity contribution in [1.29, 1.82) is 0 Å². The highest BCUT2D eigenvalue weighted by molar-refractivity contribution is 6.08. The van der Waals surface area contributed by atoms with Crippen molar-refractivity contribution in [2.45, 2.75) is 6.32 Å². The Morgan fingerprint density at radius 3 is 1.80 bits per heavy atom. The van der Waals surface area contributed by atoms with Gasteiger partial charge in [0, 0.05) is 0 Å². The maximum atomic E-state index is 2.16. The fraction of sp³-hybridized carbons (Fsp3) is 0.143. The highest BCUT2D eigenvalue weighted by atomic mass is 16.0. The van der Waals surface area contributed by atoms with E-state index in [-0.39, 0.29) is 11.0 Å². The van der Waals surface area contributed by atoms with Crippen LogP contribution in [0.1, 0.15) is 5.56 Å². The first-order valence-electron chi connectivity index (χ1n) is 2.97. The molecular weight excluding hydrogens is 127 g/mol. The minimum Gasteiger partial charge on any atom is -0.412 e. The molecule has 0 unspecified atom stereocenters. The van der Waals surface area contributed by atoms with Crippen LogP contribution in [0.25, 0.3) is 0 Å². The summed E-state index contributed by atoms with van der Waals surface area (Å²) in [6.45, 7) is 0. The summed E-state index contributed by atoms with van der Waals surface area (Å²) in [4.78, 5) is 0. The van der Waals surface area contributed by atoms with Gasteiger partial charge in [-0.05, 0) is 0 Å². The summed E-state index contributed by atoms with van der Waals surface area (Å²) in [5.74, 6) is 0. The molecular formula is C7H13BO2. The molecule has 0 radical (unpaired) electrons.